The summed E-state index contributed by atoms with van der Waals surface area (Å²) in [7, 11) is 0. The standard InChI is InChI=1S/C20H15Cl2N5O/c21-15-9-18-14(8-17(15)23)20(26-11-25-18)27-12-4-5-19(16(22)7-12)28-10-13-3-1-2-6-24-13/h1-9,11H,10,23H2,(H,25,26,27). The monoisotopic (exact) mass is 411 g/mol. The van der Waals surface area contributed by atoms with E-state index in [1.165, 1.54) is 6.33 Å². The highest BCUT2D eigenvalue weighted by molar-refractivity contribution is 6.34. The van der Waals surface area contributed by atoms with Gasteiger partial charge in [-0.25, -0.2) is 9.97 Å². The molecule has 0 aliphatic heterocycles. The fourth-order valence-corrected chi connectivity index (χ4v) is 3.05. The highest BCUT2D eigenvalue weighted by Gasteiger charge is 2.09. The molecule has 0 bridgehead atoms. The van der Waals surface area contributed by atoms with Crippen LogP contribution < -0.4 is 15.8 Å². The molecule has 0 aliphatic carbocycles. The van der Waals surface area contributed by atoms with Gasteiger partial charge in [-0.1, -0.05) is 29.3 Å². The number of rotatable bonds is 5. The van der Waals surface area contributed by atoms with Gasteiger partial charge < -0.3 is 15.8 Å². The number of nitrogen functional groups attached to an aromatic ring is 1. The molecule has 0 saturated heterocycles. The third-order valence-electron chi connectivity index (χ3n) is 4.05. The number of hydrogen-bond donors (Lipinski definition) is 2. The zero-order valence-corrected chi connectivity index (χ0v) is 16.1. The quantitative estimate of drug-likeness (QED) is 0.436. The van der Waals surface area contributed by atoms with E-state index >= 15 is 0 Å². The van der Waals surface area contributed by atoms with Crippen LogP contribution in [0.15, 0.2) is 61.1 Å². The van der Waals surface area contributed by atoms with Crippen molar-refractivity contribution in [3.63, 3.8) is 0 Å². The second-order valence-corrected chi connectivity index (χ2v) is 6.81. The largest absolute Gasteiger partial charge is 0.486 e. The van der Waals surface area contributed by atoms with Crippen molar-refractivity contribution in [2.75, 3.05) is 11.1 Å². The van der Waals surface area contributed by atoms with Crippen molar-refractivity contribution < 1.29 is 4.74 Å². The molecule has 8 heteroatoms. The van der Waals surface area contributed by atoms with Crippen LogP contribution >= 0.6 is 23.2 Å². The number of fused-ring (bicyclic) bond motifs is 1. The van der Waals surface area contributed by atoms with Gasteiger partial charge in [-0.15, -0.1) is 0 Å². The molecule has 0 saturated carbocycles. The van der Waals surface area contributed by atoms with Gasteiger partial charge in [-0.3, -0.25) is 4.98 Å². The van der Waals surface area contributed by atoms with Crippen LogP contribution in [0.2, 0.25) is 10.0 Å². The number of halogens is 2. The summed E-state index contributed by atoms with van der Waals surface area (Å²) in [5, 5.41) is 4.92. The van der Waals surface area contributed by atoms with E-state index in [-0.39, 0.29) is 0 Å². The number of benzene rings is 2. The molecule has 4 rings (SSSR count). The first-order valence-electron chi connectivity index (χ1n) is 8.39. The molecule has 0 fully saturated rings. The van der Waals surface area contributed by atoms with E-state index in [9.17, 15) is 0 Å². The van der Waals surface area contributed by atoms with Crippen molar-refractivity contribution in [3.8, 4) is 5.75 Å². The van der Waals surface area contributed by atoms with Gasteiger partial charge in [0, 0.05) is 17.3 Å². The fraction of sp³-hybridized carbons (Fsp3) is 0.0500. The normalized spacial score (nSPS) is 10.8. The van der Waals surface area contributed by atoms with Gasteiger partial charge >= 0.3 is 0 Å². The van der Waals surface area contributed by atoms with Crippen molar-refractivity contribution in [3.05, 3.63) is 76.8 Å². The Morgan fingerprint density at radius 2 is 1.86 bits per heavy atom. The number of hydrogen-bond acceptors (Lipinski definition) is 6. The number of nitrogens with zero attached hydrogens (tertiary/aromatic N) is 3. The molecule has 28 heavy (non-hydrogen) atoms. The summed E-state index contributed by atoms with van der Waals surface area (Å²) in [5.41, 5.74) is 8.65. The van der Waals surface area contributed by atoms with Gasteiger partial charge in [0.25, 0.3) is 0 Å². The van der Waals surface area contributed by atoms with Crippen molar-refractivity contribution >= 4 is 51.3 Å². The number of pyridine rings is 1. The molecular formula is C20H15Cl2N5O. The first kappa shape index (κ1) is 18.3. The van der Waals surface area contributed by atoms with Crippen molar-refractivity contribution in [1.29, 1.82) is 0 Å². The summed E-state index contributed by atoms with van der Waals surface area (Å²) in [6.45, 7) is 0.337. The van der Waals surface area contributed by atoms with E-state index in [0.29, 0.717) is 39.4 Å². The molecular weight excluding hydrogens is 397 g/mol. The van der Waals surface area contributed by atoms with Gasteiger partial charge in [-0.2, -0.15) is 0 Å². The third-order valence-corrected chi connectivity index (χ3v) is 4.67. The van der Waals surface area contributed by atoms with Gasteiger partial charge in [0.1, 0.15) is 24.5 Å². The SMILES string of the molecule is Nc1cc2c(Nc3ccc(OCc4ccccn4)c(Cl)c3)ncnc2cc1Cl. The van der Waals surface area contributed by atoms with Crippen LogP contribution in [0.25, 0.3) is 10.9 Å². The number of ether oxygens (including phenoxy) is 1. The molecule has 0 unspecified atom stereocenters. The Kier molecular flexibility index (Phi) is 5.14. The van der Waals surface area contributed by atoms with Gasteiger partial charge in [0.15, 0.2) is 0 Å². The second kappa shape index (κ2) is 7.88. The van der Waals surface area contributed by atoms with E-state index in [2.05, 4.69) is 20.3 Å². The predicted octanol–water partition coefficient (Wildman–Crippen LogP) is 5.24. The first-order chi connectivity index (χ1) is 13.6. The van der Waals surface area contributed by atoms with Crippen LogP contribution in [-0.2, 0) is 6.61 Å². The van der Waals surface area contributed by atoms with Crippen LogP contribution in [-0.4, -0.2) is 15.0 Å². The summed E-state index contributed by atoms with van der Waals surface area (Å²) in [6, 6.07) is 14.5. The predicted molar refractivity (Wildman–Crippen MR) is 112 cm³/mol. The van der Waals surface area contributed by atoms with Crippen LogP contribution in [0, 0.1) is 0 Å². The molecule has 6 nitrogen and oxygen atoms in total. The Labute approximate surface area is 171 Å². The summed E-state index contributed by atoms with van der Waals surface area (Å²) in [6.07, 6.45) is 3.18. The Bertz CT molecular complexity index is 1140. The average molecular weight is 412 g/mol. The van der Waals surface area contributed by atoms with E-state index in [1.54, 1.807) is 30.5 Å². The smallest absolute Gasteiger partial charge is 0.141 e. The Morgan fingerprint density at radius 3 is 2.64 bits per heavy atom. The van der Waals surface area contributed by atoms with E-state index < -0.39 is 0 Å². The number of aromatic nitrogens is 3. The Morgan fingerprint density at radius 1 is 0.964 bits per heavy atom. The highest BCUT2D eigenvalue weighted by Crippen LogP contribution is 2.32. The van der Waals surface area contributed by atoms with Crippen LogP contribution in [0.4, 0.5) is 17.2 Å². The molecule has 0 amide bonds. The maximum atomic E-state index is 6.37. The molecule has 2 aromatic heterocycles. The second-order valence-electron chi connectivity index (χ2n) is 5.99. The van der Waals surface area contributed by atoms with Crippen LogP contribution in [0.3, 0.4) is 0 Å². The fourth-order valence-electron chi connectivity index (χ4n) is 2.66. The van der Waals surface area contributed by atoms with Crippen molar-refractivity contribution in [2.45, 2.75) is 6.61 Å². The highest BCUT2D eigenvalue weighted by atomic mass is 35.5. The molecule has 4 aromatic rings. The molecule has 0 spiro atoms. The maximum absolute atomic E-state index is 6.37. The third kappa shape index (κ3) is 3.93. The topological polar surface area (TPSA) is 86.0 Å². The van der Waals surface area contributed by atoms with Crippen molar-refractivity contribution in [1.82, 2.24) is 15.0 Å². The lowest BCUT2D eigenvalue weighted by molar-refractivity contribution is 0.301. The van der Waals surface area contributed by atoms with Gasteiger partial charge in [0.2, 0.25) is 0 Å². The number of anilines is 3. The van der Waals surface area contributed by atoms with Gasteiger partial charge in [-0.05, 0) is 42.5 Å². The number of nitrogens with two attached hydrogens (primary N) is 1. The molecule has 140 valence electrons. The Hall–Kier alpha value is -3.09. The molecule has 0 radical (unpaired) electrons. The summed E-state index contributed by atoms with van der Waals surface area (Å²) in [5.74, 6) is 1.17. The molecule has 2 aromatic carbocycles. The minimum absolute atomic E-state index is 0.337. The first-order valence-corrected chi connectivity index (χ1v) is 9.15. The lowest BCUT2D eigenvalue weighted by Gasteiger charge is -2.12. The van der Waals surface area contributed by atoms with Crippen molar-refractivity contribution in [2.24, 2.45) is 0 Å². The summed E-state index contributed by atoms with van der Waals surface area (Å²) < 4.78 is 5.75. The van der Waals surface area contributed by atoms with Gasteiger partial charge in [0.05, 0.1) is 26.9 Å². The minimum Gasteiger partial charge on any atom is -0.486 e. The maximum Gasteiger partial charge on any atom is 0.141 e. The van der Waals surface area contributed by atoms with E-state index in [4.69, 9.17) is 33.7 Å². The van der Waals surface area contributed by atoms with Crippen LogP contribution in [0.1, 0.15) is 5.69 Å². The van der Waals surface area contributed by atoms with Crippen LogP contribution in [0.5, 0.6) is 5.75 Å². The van der Waals surface area contributed by atoms with E-state index in [1.807, 2.05) is 24.3 Å². The zero-order valence-electron chi connectivity index (χ0n) is 14.6. The number of nitrogens with one attached hydrogen (secondary N) is 1. The molecule has 0 aliphatic rings. The minimum atomic E-state index is 0.337. The lowest BCUT2D eigenvalue weighted by atomic mass is 10.2. The zero-order chi connectivity index (χ0) is 19.5. The molecule has 2 heterocycles. The molecule has 0 atom stereocenters. The molecule has 3 N–H and O–H groups in total. The average Bonchev–Trinajstić information content (AvgIpc) is 2.70. The lowest BCUT2D eigenvalue weighted by Crippen LogP contribution is -1.99. The Balaban J connectivity index is 1.55. The summed E-state index contributed by atoms with van der Waals surface area (Å²) in [4.78, 5) is 12.7. The summed E-state index contributed by atoms with van der Waals surface area (Å²) >= 11 is 12.4. The van der Waals surface area contributed by atoms with E-state index in [0.717, 1.165) is 16.8 Å².